The Morgan fingerprint density at radius 1 is 1.27 bits per heavy atom. The van der Waals surface area contributed by atoms with Gasteiger partial charge in [0.25, 0.3) is 5.91 Å². The van der Waals surface area contributed by atoms with Crippen LogP contribution in [0.15, 0.2) is 24.3 Å². The Morgan fingerprint density at radius 3 is 2.58 bits per heavy atom. The highest BCUT2D eigenvalue weighted by Gasteiger charge is 2.22. The van der Waals surface area contributed by atoms with Crippen molar-refractivity contribution in [2.45, 2.75) is 38.8 Å². The second kappa shape index (κ2) is 9.14. The number of benzene rings is 1. The lowest BCUT2D eigenvalue weighted by Crippen LogP contribution is -2.41. The third-order valence-electron chi connectivity index (χ3n) is 4.48. The number of carbonyl (C=O) groups excluding carboxylic acids is 1. The molecule has 1 saturated heterocycles. The van der Waals surface area contributed by atoms with Crippen LogP contribution in [-0.4, -0.2) is 60.9 Å². The molecule has 0 aliphatic carbocycles. The average Bonchev–Trinajstić information content (AvgIpc) is 2.60. The van der Waals surface area contributed by atoms with Crippen LogP contribution >= 0.6 is 0 Å². The summed E-state index contributed by atoms with van der Waals surface area (Å²) in [5.74, 6) is -1.12. The molecule has 1 amide bonds. The Balaban J connectivity index is 1.99. The quantitative estimate of drug-likeness (QED) is 0.702. The van der Waals surface area contributed by atoms with Crippen molar-refractivity contribution in [2.24, 2.45) is 0 Å². The molecule has 7 nitrogen and oxygen atoms in total. The second-order valence-electron chi connectivity index (χ2n) is 6.63. The number of unbranched alkanes of at least 4 members (excludes halogenated alkanes) is 1. The summed E-state index contributed by atoms with van der Waals surface area (Å²) in [7, 11) is -2.92. The summed E-state index contributed by atoms with van der Waals surface area (Å²) < 4.78 is 23.0. The molecule has 0 unspecified atom stereocenters. The molecule has 1 atom stereocenters. The number of carboxylic acids is 1. The summed E-state index contributed by atoms with van der Waals surface area (Å²) in [5, 5.41) is 11.8. The first kappa shape index (κ1) is 20.4. The predicted molar refractivity (Wildman–Crippen MR) is 98.8 cm³/mol. The normalized spacial score (nSPS) is 18.2. The van der Waals surface area contributed by atoms with E-state index >= 15 is 0 Å². The molecule has 1 fully saturated rings. The maximum Gasteiger partial charge on any atom is 0.326 e. The molecule has 2 N–H and O–H groups in total. The highest BCUT2D eigenvalue weighted by atomic mass is 32.2. The molecule has 144 valence electrons. The highest BCUT2D eigenvalue weighted by Crippen LogP contribution is 2.12. The minimum absolute atomic E-state index is 0.158. The van der Waals surface area contributed by atoms with Crippen LogP contribution in [0.25, 0.3) is 0 Å². The minimum atomic E-state index is -2.92. The van der Waals surface area contributed by atoms with E-state index in [1.807, 2.05) is 17.9 Å². The lowest BCUT2D eigenvalue weighted by Gasteiger charge is -2.26. The molecule has 0 aromatic heterocycles. The Labute approximate surface area is 154 Å². The van der Waals surface area contributed by atoms with E-state index < -0.39 is 27.8 Å². The number of nitrogens with one attached hydrogen (secondary N) is 1. The molecule has 0 radical (unpaired) electrons. The van der Waals surface area contributed by atoms with Gasteiger partial charge in [-0.3, -0.25) is 9.69 Å². The number of amides is 1. The SMILES string of the molecule is CCCC[C@H](NC(=O)c1cccc(CN2CCS(=O)(=O)CC2)c1)C(=O)O. The van der Waals surface area contributed by atoms with Gasteiger partial charge in [0.1, 0.15) is 6.04 Å². The van der Waals surface area contributed by atoms with E-state index in [4.69, 9.17) is 0 Å². The maximum absolute atomic E-state index is 12.4. The van der Waals surface area contributed by atoms with Gasteiger partial charge in [0.05, 0.1) is 11.5 Å². The van der Waals surface area contributed by atoms with Crippen LogP contribution in [0.3, 0.4) is 0 Å². The molecule has 1 aromatic carbocycles. The smallest absolute Gasteiger partial charge is 0.326 e. The number of carboxylic acid groups (broad SMARTS) is 1. The average molecular weight is 382 g/mol. The first-order valence-corrected chi connectivity index (χ1v) is 10.7. The Kier molecular flexibility index (Phi) is 7.16. The predicted octanol–water partition coefficient (Wildman–Crippen LogP) is 1.29. The summed E-state index contributed by atoms with van der Waals surface area (Å²) >= 11 is 0. The molecule has 2 rings (SSSR count). The van der Waals surface area contributed by atoms with Crippen LogP contribution in [-0.2, 0) is 21.2 Å². The van der Waals surface area contributed by atoms with Crippen molar-refractivity contribution in [3.05, 3.63) is 35.4 Å². The van der Waals surface area contributed by atoms with Crippen molar-refractivity contribution >= 4 is 21.7 Å². The lowest BCUT2D eigenvalue weighted by molar-refractivity contribution is -0.139. The van der Waals surface area contributed by atoms with Gasteiger partial charge in [-0.1, -0.05) is 31.9 Å². The lowest BCUT2D eigenvalue weighted by atomic mass is 10.1. The number of hydrogen-bond donors (Lipinski definition) is 2. The fraction of sp³-hybridized carbons (Fsp3) is 0.556. The van der Waals surface area contributed by atoms with E-state index in [1.165, 1.54) is 0 Å². The van der Waals surface area contributed by atoms with E-state index in [-0.39, 0.29) is 11.5 Å². The number of sulfone groups is 1. The van der Waals surface area contributed by atoms with Gasteiger partial charge in [0, 0.05) is 25.2 Å². The van der Waals surface area contributed by atoms with Gasteiger partial charge >= 0.3 is 5.97 Å². The minimum Gasteiger partial charge on any atom is -0.480 e. The molecule has 26 heavy (non-hydrogen) atoms. The zero-order chi connectivity index (χ0) is 19.2. The monoisotopic (exact) mass is 382 g/mol. The van der Waals surface area contributed by atoms with Crippen LogP contribution < -0.4 is 5.32 Å². The van der Waals surface area contributed by atoms with Gasteiger partial charge in [-0.15, -0.1) is 0 Å². The fourth-order valence-corrected chi connectivity index (χ4v) is 4.16. The van der Waals surface area contributed by atoms with E-state index in [9.17, 15) is 23.1 Å². The second-order valence-corrected chi connectivity index (χ2v) is 8.94. The molecule has 0 saturated carbocycles. The van der Waals surface area contributed by atoms with Crippen molar-refractivity contribution < 1.29 is 23.1 Å². The Bertz CT molecular complexity index is 734. The zero-order valence-corrected chi connectivity index (χ0v) is 15.8. The molecule has 0 bridgehead atoms. The van der Waals surface area contributed by atoms with Gasteiger partial charge in [-0.05, 0) is 24.1 Å². The number of hydrogen-bond acceptors (Lipinski definition) is 5. The van der Waals surface area contributed by atoms with Crippen LogP contribution in [0.1, 0.15) is 42.1 Å². The molecule has 1 heterocycles. The molecular formula is C18H26N2O5S. The van der Waals surface area contributed by atoms with Crippen LogP contribution in [0.5, 0.6) is 0 Å². The summed E-state index contributed by atoms with van der Waals surface area (Å²) in [4.78, 5) is 25.7. The molecule has 0 spiro atoms. The first-order chi connectivity index (χ1) is 12.3. The number of aliphatic carboxylic acids is 1. The van der Waals surface area contributed by atoms with Crippen molar-refractivity contribution in [1.29, 1.82) is 0 Å². The third kappa shape index (κ3) is 6.10. The van der Waals surface area contributed by atoms with Gasteiger partial charge in [0.2, 0.25) is 0 Å². The first-order valence-electron chi connectivity index (χ1n) is 8.86. The van der Waals surface area contributed by atoms with Crippen molar-refractivity contribution in [3.63, 3.8) is 0 Å². The molecule has 1 aliphatic heterocycles. The van der Waals surface area contributed by atoms with Gasteiger partial charge in [-0.25, -0.2) is 13.2 Å². The van der Waals surface area contributed by atoms with Crippen LogP contribution in [0.2, 0.25) is 0 Å². The standard InChI is InChI=1S/C18H26N2O5S/c1-2-3-7-16(18(22)23)19-17(21)15-6-4-5-14(12-15)13-20-8-10-26(24,25)11-9-20/h4-6,12,16H,2-3,7-11,13H2,1H3,(H,19,21)(H,22,23)/t16-/m0/s1. The van der Waals surface area contributed by atoms with Gasteiger partial charge < -0.3 is 10.4 Å². The zero-order valence-electron chi connectivity index (χ0n) is 15.0. The topological polar surface area (TPSA) is 104 Å². The fourth-order valence-electron chi connectivity index (χ4n) is 2.88. The van der Waals surface area contributed by atoms with Crippen molar-refractivity contribution in [3.8, 4) is 0 Å². The van der Waals surface area contributed by atoms with Crippen LogP contribution in [0.4, 0.5) is 0 Å². The summed E-state index contributed by atoms with van der Waals surface area (Å²) in [5.41, 5.74) is 1.31. The number of rotatable bonds is 8. The van der Waals surface area contributed by atoms with Gasteiger partial charge in [-0.2, -0.15) is 0 Å². The maximum atomic E-state index is 12.4. The molecule has 8 heteroatoms. The van der Waals surface area contributed by atoms with E-state index in [2.05, 4.69) is 5.32 Å². The van der Waals surface area contributed by atoms with E-state index in [1.54, 1.807) is 18.2 Å². The highest BCUT2D eigenvalue weighted by molar-refractivity contribution is 7.91. The van der Waals surface area contributed by atoms with Crippen molar-refractivity contribution in [2.75, 3.05) is 24.6 Å². The molecule has 1 aliphatic rings. The number of carbonyl (C=O) groups is 2. The number of nitrogens with zero attached hydrogens (tertiary/aromatic N) is 1. The van der Waals surface area contributed by atoms with Crippen molar-refractivity contribution in [1.82, 2.24) is 10.2 Å². The molecular weight excluding hydrogens is 356 g/mol. The van der Waals surface area contributed by atoms with E-state index in [0.717, 1.165) is 18.4 Å². The molecule has 1 aromatic rings. The largest absolute Gasteiger partial charge is 0.480 e. The summed E-state index contributed by atoms with van der Waals surface area (Å²) in [6.45, 7) is 3.50. The third-order valence-corrected chi connectivity index (χ3v) is 6.09. The summed E-state index contributed by atoms with van der Waals surface area (Å²) in [6.07, 6.45) is 2.00. The Hall–Kier alpha value is -1.93. The van der Waals surface area contributed by atoms with Gasteiger partial charge in [0.15, 0.2) is 9.84 Å². The van der Waals surface area contributed by atoms with E-state index in [0.29, 0.717) is 31.6 Å². The summed E-state index contributed by atoms with van der Waals surface area (Å²) in [6, 6.07) is 6.13. The van der Waals surface area contributed by atoms with Crippen LogP contribution in [0, 0.1) is 0 Å². The Morgan fingerprint density at radius 2 is 1.96 bits per heavy atom.